The summed E-state index contributed by atoms with van der Waals surface area (Å²) >= 11 is 8.43. The Balaban J connectivity index is 2.62. The van der Waals surface area contributed by atoms with E-state index in [0.717, 1.165) is 22.3 Å². The second-order valence-electron chi connectivity index (χ2n) is 3.90. The van der Waals surface area contributed by atoms with Crippen molar-refractivity contribution in [3.8, 4) is 0 Å². The van der Waals surface area contributed by atoms with Gasteiger partial charge < -0.3 is 15.8 Å². The number of hydrogen-bond acceptors (Lipinski definition) is 3. The predicted molar refractivity (Wildman–Crippen MR) is 79.6 cm³/mol. The third kappa shape index (κ3) is 5.02. The normalized spacial score (nSPS) is 10.6. The topological polar surface area (TPSA) is 47.3 Å². The molecule has 1 aromatic carbocycles. The minimum Gasteiger partial charge on any atom is -0.389 e. The molecule has 1 rings (SSSR count). The van der Waals surface area contributed by atoms with Crippen molar-refractivity contribution >= 4 is 38.8 Å². The predicted octanol–water partition coefficient (Wildman–Crippen LogP) is 2.92. The molecule has 94 valence electrons. The van der Waals surface area contributed by atoms with Crippen molar-refractivity contribution in [2.24, 2.45) is 5.73 Å². The molecule has 0 radical (unpaired) electrons. The van der Waals surface area contributed by atoms with Crippen LogP contribution < -0.4 is 11.1 Å². The Hall–Kier alpha value is -0.650. The number of thiocarbonyl (C=S) groups is 1. The van der Waals surface area contributed by atoms with Crippen molar-refractivity contribution in [1.29, 1.82) is 0 Å². The van der Waals surface area contributed by atoms with Crippen LogP contribution in [0.15, 0.2) is 22.7 Å². The molecule has 0 aliphatic rings. The Morgan fingerprint density at radius 2 is 2.24 bits per heavy atom. The van der Waals surface area contributed by atoms with Gasteiger partial charge in [0.1, 0.15) is 4.99 Å². The molecule has 0 bridgehead atoms. The summed E-state index contributed by atoms with van der Waals surface area (Å²) in [6.07, 6.45) is 0.245. The average molecular weight is 317 g/mol. The Morgan fingerprint density at radius 3 is 2.82 bits per heavy atom. The summed E-state index contributed by atoms with van der Waals surface area (Å²) < 4.78 is 6.45. The first kappa shape index (κ1) is 14.4. The number of benzene rings is 1. The molecule has 0 spiro atoms. The SMILES string of the molecule is CC(C)OCCNc1cc(Br)ccc1C(N)=S. The van der Waals surface area contributed by atoms with Crippen molar-refractivity contribution in [3.63, 3.8) is 0 Å². The van der Waals surface area contributed by atoms with E-state index in [0.29, 0.717) is 11.6 Å². The van der Waals surface area contributed by atoms with E-state index in [-0.39, 0.29) is 6.10 Å². The molecule has 3 N–H and O–H groups in total. The number of rotatable bonds is 6. The molecule has 1 aromatic rings. The van der Waals surface area contributed by atoms with Crippen LogP contribution >= 0.6 is 28.1 Å². The molecule has 0 atom stereocenters. The third-order valence-corrected chi connectivity index (χ3v) is 2.83. The number of nitrogens with one attached hydrogen (secondary N) is 1. The summed E-state index contributed by atoms with van der Waals surface area (Å²) in [5, 5.41) is 3.27. The Labute approximate surface area is 116 Å². The molecular weight excluding hydrogens is 300 g/mol. The van der Waals surface area contributed by atoms with E-state index >= 15 is 0 Å². The highest BCUT2D eigenvalue weighted by Gasteiger charge is 2.05. The smallest absolute Gasteiger partial charge is 0.106 e. The highest BCUT2D eigenvalue weighted by atomic mass is 79.9. The van der Waals surface area contributed by atoms with Gasteiger partial charge in [-0.2, -0.15) is 0 Å². The van der Waals surface area contributed by atoms with Gasteiger partial charge in [-0.25, -0.2) is 0 Å². The van der Waals surface area contributed by atoms with Gasteiger partial charge in [-0.1, -0.05) is 28.1 Å². The van der Waals surface area contributed by atoms with Crippen LogP contribution in [0.1, 0.15) is 19.4 Å². The molecule has 0 fully saturated rings. The molecule has 0 amide bonds. The molecule has 5 heteroatoms. The minimum absolute atomic E-state index is 0.245. The summed E-state index contributed by atoms with van der Waals surface area (Å²) in [5.74, 6) is 0. The monoisotopic (exact) mass is 316 g/mol. The van der Waals surface area contributed by atoms with Crippen LogP contribution in [0.25, 0.3) is 0 Å². The number of nitrogens with two attached hydrogens (primary N) is 1. The molecule has 0 aliphatic carbocycles. The highest BCUT2D eigenvalue weighted by molar-refractivity contribution is 9.10. The zero-order valence-electron chi connectivity index (χ0n) is 10.00. The second kappa shape index (κ2) is 6.93. The zero-order valence-corrected chi connectivity index (χ0v) is 12.4. The van der Waals surface area contributed by atoms with Gasteiger partial charge in [-0.15, -0.1) is 0 Å². The minimum atomic E-state index is 0.245. The van der Waals surface area contributed by atoms with Gasteiger partial charge in [0.15, 0.2) is 0 Å². The van der Waals surface area contributed by atoms with Gasteiger partial charge in [0, 0.05) is 22.3 Å². The first-order chi connectivity index (χ1) is 8.00. The lowest BCUT2D eigenvalue weighted by Crippen LogP contribution is -2.17. The van der Waals surface area contributed by atoms with Crippen LogP contribution in [0.2, 0.25) is 0 Å². The lowest BCUT2D eigenvalue weighted by atomic mass is 10.2. The number of hydrogen-bond donors (Lipinski definition) is 2. The standard InChI is InChI=1S/C12H17BrN2OS/c1-8(2)16-6-5-15-11-7-9(13)3-4-10(11)12(14)17/h3-4,7-8,15H,5-6H2,1-2H3,(H2,14,17). The quantitative estimate of drug-likeness (QED) is 0.626. The van der Waals surface area contributed by atoms with Crippen LogP contribution in [0.3, 0.4) is 0 Å². The van der Waals surface area contributed by atoms with Crippen molar-refractivity contribution in [1.82, 2.24) is 0 Å². The van der Waals surface area contributed by atoms with E-state index in [1.54, 1.807) is 0 Å². The largest absolute Gasteiger partial charge is 0.389 e. The molecule has 0 aromatic heterocycles. The van der Waals surface area contributed by atoms with Crippen LogP contribution in [0.4, 0.5) is 5.69 Å². The molecule has 0 saturated carbocycles. The van der Waals surface area contributed by atoms with Gasteiger partial charge in [0.25, 0.3) is 0 Å². The van der Waals surface area contributed by atoms with Gasteiger partial charge in [0.2, 0.25) is 0 Å². The van der Waals surface area contributed by atoms with E-state index in [9.17, 15) is 0 Å². The summed E-state index contributed by atoms with van der Waals surface area (Å²) in [4.78, 5) is 0.393. The molecule has 3 nitrogen and oxygen atoms in total. The van der Waals surface area contributed by atoms with E-state index in [1.807, 2.05) is 32.0 Å². The maximum Gasteiger partial charge on any atom is 0.106 e. The number of anilines is 1. The summed E-state index contributed by atoms with van der Waals surface area (Å²) in [5.41, 5.74) is 7.45. The Kier molecular flexibility index (Phi) is 5.88. The van der Waals surface area contributed by atoms with E-state index < -0.39 is 0 Å². The first-order valence-corrected chi connectivity index (χ1v) is 6.65. The fraction of sp³-hybridized carbons (Fsp3) is 0.417. The van der Waals surface area contributed by atoms with Gasteiger partial charge in [-0.05, 0) is 32.0 Å². The van der Waals surface area contributed by atoms with Crippen molar-refractivity contribution in [2.75, 3.05) is 18.5 Å². The maximum atomic E-state index is 5.66. The number of ether oxygens (including phenoxy) is 1. The Morgan fingerprint density at radius 1 is 1.53 bits per heavy atom. The van der Waals surface area contributed by atoms with Gasteiger partial charge in [-0.3, -0.25) is 0 Å². The lowest BCUT2D eigenvalue weighted by Gasteiger charge is -2.13. The fourth-order valence-corrected chi connectivity index (χ4v) is 1.90. The van der Waals surface area contributed by atoms with Crippen molar-refractivity contribution in [2.45, 2.75) is 20.0 Å². The summed E-state index contributed by atoms with van der Waals surface area (Å²) in [7, 11) is 0. The van der Waals surface area contributed by atoms with E-state index in [2.05, 4.69) is 21.2 Å². The lowest BCUT2D eigenvalue weighted by molar-refractivity contribution is 0.0870. The molecule has 0 unspecified atom stereocenters. The second-order valence-corrected chi connectivity index (χ2v) is 5.26. The van der Waals surface area contributed by atoms with Crippen LogP contribution in [-0.4, -0.2) is 24.2 Å². The summed E-state index contributed by atoms with van der Waals surface area (Å²) in [6, 6.07) is 5.78. The molecule has 0 saturated heterocycles. The van der Waals surface area contributed by atoms with Crippen molar-refractivity contribution in [3.05, 3.63) is 28.2 Å². The van der Waals surface area contributed by atoms with E-state index in [1.165, 1.54) is 0 Å². The highest BCUT2D eigenvalue weighted by Crippen LogP contribution is 2.21. The zero-order chi connectivity index (χ0) is 12.8. The van der Waals surface area contributed by atoms with Gasteiger partial charge >= 0.3 is 0 Å². The number of halogens is 1. The summed E-state index contributed by atoms with van der Waals surface area (Å²) in [6.45, 7) is 5.41. The maximum absolute atomic E-state index is 5.66. The first-order valence-electron chi connectivity index (χ1n) is 5.45. The van der Waals surface area contributed by atoms with E-state index in [4.69, 9.17) is 22.7 Å². The van der Waals surface area contributed by atoms with Crippen LogP contribution in [-0.2, 0) is 4.74 Å². The van der Waals surface area contributed by atoms with Crippen LogP contribution in [0.5, 0.6) is 0 Å². The molecule has 0 heterocycles. The third-order valence-electron chi connectivity index (χ3n) is 2.12. The fourth-order valence-electron chi connectivity index (χ4n) is 1.36. The van der Waals surface area contributed by atoms with Crippen LogP contribution in [0, 0.1) is 0 Å². The Bertz CT molecular complexity index is 396. The molecule has 0 aliphatic heterocycles. The average Bonchev–Trinajstić information content (AvgIpc) is 2.23. The van der Waals surface area contributed by atoms with Gasteiger partial charge in [0.05, 0.1) is 12.7 Å². The molecular formula is C12H17BrN2OS. The molecule has 17 heavy (non-hydrogen) atoms. The van der Waals surface area contributed by atoms with Crippen molar-refractivity contribution < 1.29 is 4.74 Å².